The highest BCUT2D eigenvalue weighted by molar-refractivity contribution is 5.76. The molecule has 1 aliphatic carbocycles. The molecule has 0 bridgehead atoms. The van der Waals surface area contributed by atoms with E-state index in [1.165, 1.54) is 12.8 Å². The lowest BCUT2D eigenvalue weighted by Crippen LogP contribution is -2.54. The third kappa shape index (κ3) is 6.26. The summed E-state index contributed by atoms with van der Waals surface area (Å²) in [6.07, 6.45) is 9.13. The molecule has 3 N–H and O–H groups in total. The molecule has 0 aromatic heterocycles. The predicted octanol–water partition coefficient (Wildman–Crippen LogP) is 3.04. The minimum atomic E-state index is -0.838. The van der Waals surface area contributed by atoms with Crippen molar-refractivity contribution in [3.05, 3.63) is 0 Å². The van der Waals surface area contributed by atoms with Gasteiger partial charge in [-0.3, -0.25) is 4.79 Å². The average Bonchev–Trinajstić information content (AvgIpc) is 2.38. The van der Waals surface area contributed by atoms with Crippen LogP contribution in [0.2, 0.25) is 0 Å². The minimum absolute atomic E-state index is 0.0241. The van der Waals surface area contributed by atoms with E-state index in [4.69, 9.17) is 5.11 Å². The normalized spacial score (nSPS) is 17.4. The van der Waals surface area contributed by atoms with Gasteiger partial charge in [-0.15, -0.1) is 0 Å². The molecule has 0 aliphatic heterocycles. The van der Waals surface area contributed by atoms with E-state index >= 15 is 0 Å². The molecule has 0 aromatic carbocycles. The molecule has 0 radical (unpaired) electrons. The zero-order chi connectivity index (χ0) is 14.8. The highest BCUT2D eigenvalue weighted by Crippen LogP contribution is 2.31. The summed E-state index contributed by atoms with van der Waals surface area (Å²) >= 11 is 0. The van der Waals surface area contributed by atoms with Gasteiger partial charge in [0, 0.05) is 6.54 Å². The lowest BCUT2D eigenvalue weighted by molar-refractivity contribution is -0.139. The van der Waals surface area contributed by atoms with E-state index in [1.54, 1.807) is 0 Å². The fourth-order valence-electron chi connectivity index (χ4n) is 2.90. The van der Waals surface area contributed by atoms with Crippen molar-refractivity contribution in [2.24, 2.45) is 0 Å². The first kappa shape index (κ1) is 16.8. The Hall–Kier alpha value is -1.26. The van der Waals surface area contributed by atoms with Crippen LogP contribution in [-0.4, -0.2) is 29.2 Å². The second-order valence-electron chi connectivity index (χ2n) is 5.85. The summed E-state index contributed by atoms with van der Waals surface area (Å²) in [4.78, 5) is 22.9. The lowest BCUT2D eigenvalue weighted by Gasteiger charge is -2.36. The number of rotatable bonds is 8. The number of urea groups is 1. The molecule has 5 heteroatoms. The SMILES string of the molecule is CCCCCCNC(=O)NC1(CC(=O)O)CCCCC1. The fourth-order valence-corrected chi connectivity index (χ4v) is 2.90. The quantitative estimate of drug-likeness (QED) is 0.599. The van der Waals surface area contributed by atoms with Gasteiger partial charge in [0.2, 0.25) is 0 Å². The third-order valence-electron chi connectivity index (χ3n) is 3.99. The Labute approximate surface area is 121 Å². The highest BCUT2D eigenvalue weighted by atomic mass is 16.4. The van der Waals surface area contributed by atoms with E-state index in [2.05, 4.69) is 17.6 Å². The van der Waals surface area contributed by atoms with Crippen molar-refractivity contribution in [2.45, 2.75) is 76.7 Å². The van der Waals surface area contributed by atoms with Crippen LogP contribution in [0.3, 0.4) is 0 Å². The Balaban J connectivity index is 2.36. The number of carbonyl (C=O) groups excluding carboxylic acids is 1. The standard InChI is InChI=1S/C15H28N2O3/c1-2-3-4-8-11-16-14(20)17-15(12-13(18)19)9-6-5-7-10-15/h2-12H2,1H3,(H,18,19)(H2,16,17,20). The zero-order valence-electron chi connectivity index (χ0n) is 12.5. The minimum Gasteiger partial charge on any atom is -0.481 e. The van der Waals surface area contributed by atoms with E-state index in [0.29, 0.717) is 6.54 Å². The van der Waals surface area contributed by atoms with Gasteiger partial charge < -0.3 is 15.7 Å². The molecule has 116 valence electrons. The van der Waals surface area contributed by atoms with Crippen molar-refractivity contribution in [1.82, 2.24) is 10.6 Å². The van der Waals surface area contributed by atoms with Crippen LogP contribution in [0.4, 0.5) is 4.79 Å². The third-order valence-corrected chi connectivity index (χ3v) is 3.99. The van der Waals surface area contributed by atoms with E-state index in [0.717, 1.165) is 44.9 Å². The lowest BCUT2D eigenvalue weighted by atomic mass is 9.79. The molecule has 0 heterocycles. The molecule has 0 atom stereocenters. The average molecular weight is 284 g/mol. The highest BCUT2D eigenvalue weighted by Gasteiger charge is 2.35. The van der Waals surface area contributed by atoms with Gasteiger partial charge in [0.25, 0.3) is 0 Å². The van der Waals surface area contributed by atoms with Crippen molar-refractivity contribution >= 4 is 12.0 Å². The molecule has 0 aromatic rings. The Kier molecular flexibility index (Phi) is 7.41. The van der Waals surface area contributed by atoms with Crippen LogP contribution in [0, 0.1) is 0 Å². The fraction of sp³-hybridized carbons (Fsp3) is 0.867. The largest absolute Gasteiger partial charge is 0.481 e. The maximum Gasteiger partial charge on any atom is 0.315 e. The van der Waals surface area contributed by atoms with Crippen molar-refractivity contribution in [2.75, 3.05) is 6.54 Å². The number of hydrogen-bond donors (Lipinski definition) is 3. The molecule has 1 fully saturated rings. The summed E-state index contributed by atoms with van der Waals surface area (Å²) in [6.45, 7) is 2.81. The molecule has 20 heavy (non-hydrogen) atoms. The van der Waals surface area contributed by atoms with Gasteiger partial charge in [-0.05, 0) is 19.3 Å². The summed E-state index contributed by atoms with van der Waals surface area (Å²) in [5, 5.41) is 14.8. The smallest absolute Gasteiger partial charge is 0.315 e. The Morgan fingerprint density at radius 3 is 2.40 bits per heavy atom. The van der Waals surface area contributed by atoms with Gasteiger partial charge in [0.1, 0.15) is 0 Å². The Bertz CT molecular complexity index is 312. The van der Waals surface area contributed by atoms with E-state index in [-0.39, 0.29) is 12.5 Å². The number of nitrogens with one attached hydrogen (secondary N) is 2. The zero-order valence-corrected chi connectivity index (χ0v) is 12.5. The number of amides is 2. The van der Waals surface area contributed by atoms with Crippen LogP contribution in [-0.2, 0) is 4.79 Å². The van der Waals surface area contributed by atoms with Gasteiger partial charge in [-0.1, -0.05) is 45.4 Å². The first-order chi connectivity index (χ1) is 9.58. The van der Waals surface area contributed by atoms with Gasteiger partial charge in [-0.2, -0.15) is 0 Å². The first-order valence-electron chi connectivity index (χ1n) is 7.86. The summed E-state index contributed by atoms with van der Waals surface area (Å²) in [7, 11) is 0. The van der Waals surface area contributed by atoms with Crippen molar-refractivity contribution < 1.29 is 14.7 Å². The Morgan fingerprint density at radius 1 is 1.10 bits per heavy atom. The van der Waals surface area contributed by atoms with Crippen LogP contribution in [0.1, 0.15) is 71.1 Å². The summed E-state index contributed by atoms with van der Waals surface area (Å²) in [5.41, 5.74) is -0.544. The van der Waals surface area contributed by atoms with Crippen molar-refractivity contribution in [1.29, 1.82) is 0 Å². The van der Waals surface area contributed by atoms with Crippen molar-refractivity contribution in [3.8, 4) is 0 Å². The van der Waals surface area contributed by atoms with Gasteiger partial charge >= 0.3 is 12.0 Å². The number of unbranched alkanes of at least 4 members (excludes halogenated alkanes) is 3. The molecule has 1 rings (SSSR count). The number of hydrogen-bond acceptors (Lipinski definition) is 2. The molecule has 0 spiro atoms. The number of carbonyl (C=O) groups is 2. The molecule has 5 nitrogen and oxygen atoms in total. The molecule has 1 aliphatic rings. The van der Waals surface area contributed by atoms with Crippen LogP contribution in [0.25, 0.3) is 0 Å². The molecule has 2 amide bonds. The molecular weight excluding hydrogens is 256 g/mol. The molecule has 0 saturated heterocycles. The summed E-state index contributed by atoms with van der Waals surface area (Å²) in [6, 6.07) is -0.218. The Morgan fingerprint density at radius 2 is 1.80 bits per heavy atom. The molecule has 0 unspecified atom stereocenters. The maximum atomic E-state index is 11.9. The van der Waals surface area contributed by atoms with Crippen LogP contribution in [0.15, 0.2) is 0 Å². The first-order valence-corrected chi connectivity index (χ1v) is 7.86. The van der Waals surface area contributed by atoms with Gasteiger partial charge in [0.15, 0.2) is 0 Å². The second-order valence-corrected chi connectivity index (χ2v) is 5.85. The maximum absolute atomic E-state index is 11.9. The number of carboxylic acid groups (broad SMARTS) is 1. The molecular formula is C15H28N2O3. The van der Waals surface area contributed by atoms with Crippen LogP contribution >= 0.6 is 0 Å². The van der Waals surface area contributed by atoms with Gasteiger partial charge in [-0.25, -0.2) is 4.79 Å². The van der Waals surface area contributed by atoms with Crippen molar-refractivity contribution in [3.63, 3.8) is 0 Å². The van der Waals surface area contributed by atoms with E-state index in [1.807, 2.05) is 0 Å². The topological polar surface area (TPSA) is 78.4 Å². The van der Waals surface area contributed by atoms with E-state index in [9.17, 15) is 9.59 Å². The van der Waals surface area contributed by atoms with E-state index < -0.39 is 11.5 Å². The number of aliphatic carboxylic acids is 1. The van der Waals surface area contributed by atoms with Gasteiger partial charge in [0.05, 0.1) is 12.0 Å². The number of carboxylic acids is 1. The van der Waals surface area contributed by atoms with Crippen LogP contribution in [0.5, 0.6) is 0 Å². The monoisotopic (exact) mass is 284 g/mol. The predicted molar refractivity (Wildman–Crippen MR) is 78.7 cm³/mol. The second kappa shape index (κ2) is 8.82. The van der Waals surface area contributed by atoms with Crippen LogP contribution < -0.4 is 10.6 Å². The summed E-state index contributed by atoms with van der Waals surface area (Å²) in [5.74, 6) is -0.838. The summed E-state index contributed by atoms with van der Waals surface area (Å²) < 4.78 is 0. The molecule has 1 saturated carbocycles.